The first-order valence-corrected chi connectivity index (χ1v) is 6.88. The van der Waals surface area contributed by atoms with E-state index in [-0.39, 0.29) is 0 Å². The Morgan fingerprint density at radius 1 is 0.773 bits per heavy atom. The predicted molar refractivity (Wildman–Crippen MR) is 97.8 cm³/mol. The van der Waals surface area contributed by atoms with Gasteiger partial charge in [-0.3, -0.25) is 0 Å². The van der Waals surface area contributed by atoms with Gasteiger partial charge < -0.3 is 0 Å². The highest BCUT2D eigenvalue weighted by Gasteiger charge is 1.98. The second-order valence-electron chi connectivity index (χ2n) is 4.34. The third-order valence-corrected chi connectivity index (χ3v) is 2.97. The molecule has 0 heterocycles. The number of nitriles is 1. The van der Waals surface area contributed by atoms with Crippen molar-refractivity contribution in [3.8, 4) is 6.07 Å². The van der Waals surface area contributed by atoms with Crippen molar-refractivity contribution in [2.24, 2.45) is 0 Å². The van der Waals surface area contributed by atoms with Crippen LogP contribution in [0.1, 0.15) is 22.3 Å². The molecule has 0 atom stereocenters. The Kier molecular flexibility index (Phi) is 7.50. The Bertz CT molecular complexity index is 700. The third-order valence-electron chi connectivity index (χ3n) is 2.97. The van der Waals surface area contributed by atoms with Gasteiger partial charge in [0.1, 0.15) is 0 Å². The van der Waals surface area contributed by atoms with Crippen LogP contribution in [-0.4, -0.2) is 0 Å². The molecule has 0 amide bonds. The summed E-state index contributed by atoms with van der Waals surface area (Å²) >= 11 is 0. The summed E-state index contributed by atoms with van der Waals surface area (Å²) in [7, 11) is 0. The van der Waals surface area contributed by atoms with Gasteiger partial charge in [0, 0.05) is 6.08 Å². The van der Waals surface area contributed by atoms with Crippen LogP contribution in [0, 0.1) is 11.3 Å². The summed E-state index contributed by atoms with van der Waals surface area (Å²) in [4.78, 5) is 0. The van der Waals surface area contributed by atoms with Crippen LogP contribution in [0.5, 0.6) is 0 Å². The van der Waals surface area contributed by atoms with Crippen LogP contribution in [-0.2, 0) is 0 Å². The number of hydrogen-bond acceptors (Lipinski definition) is 1. The van der Waals surface area contributed by atoms with Crippen LogP contribution < -0.4 is 0 Å². The van der Waals surface area contributed by atoms with Crippen molar-refractivity contribution >= 4 is 24.3 Å². The van der Waals surface area contributed by atoms with Crippen molar-refractivity contribution in [2.75, 3.05) is 0 Å². The zero-order chi connectivity index (χ0) is 16.2. The van der Waals surface area contributed by atoms with E-state index in [9.17, 15) is 0 Å². The van der Waals surface area contributed by atoms with E-state index in [4.69, 9.17) is 5.26 Å². The standard InChI is InChI=1S/C13H11N.C8H8/c1-3-11-7-5-8-12(9-6-10-14)13(11)4-2;1-2-8-6-4-3-5-7-8/h3-9H,1-2H2;2-7H,1H2. The van der Waals surface area contributed by atoms with Crippen molar-refractivity contribution in [1.29, 1.82) is 5.26 Å². The SMILES string of the molecule is C=Cc1cccc(C=CC#N)c1C=C.C=Cc1ccccc1. The smallest absolute Gasteiger partial charge is 0.0912 e. The van der Waals surface area contributed by atoms with E-state index in [1.54, 1.807) is 18.2 Å². The Morgan fingerprint density at radius 3 is 1.95 bits per heavy atom. The fourth-order valence-corrected chi connectivity index (χ4v) is 1.88. The van der Waals surface area contributed by atoms with E-state index in [1.807, 2.05) is 60.7 Å². The van der Waals surface area contributed by atoms with Crippen molar-refractivity contribution < 1.29 is 0 Å². The number of benzene rings is 2. The molecular formula is C21H19N. The lowest BCUT2D eigenvalue weighted by Gasteiger charge is -2.04. The molecule has 108 valence electrons. The summed E-state index contributed by atoms with van der Waals surface area (Å²) in [6, 6.07) is 17.8. The molecule has 0 saturated heterocycles. The summed E-state index contributed by atoms with van der Waals surface area (Å²) in [5.41, 5.74) is 4.19. The molecule has 0 saturated carbocycles. The molecule has 0 bridgehead atoms. The van der Waals surface area contributed by atoms with E-state index in [0.717, 1.165) is 16.7 Å². The summed E-state index contributed by atoms with van der Waals surface area (Å²) in [5, 5.41) is 8.43. The second kappa shape index (κ2) is 9.74. The van der Waals surface area contributed by atoms with Crippen LogP contribution >= 0.6 is 0 Å². The predicted octanol–water partition coefficient (Wildman–Crippen LogP) is 5.84. The molecule has 0 N–H and O–H groups in total. The van der Waals surface area contributed by atoms with E-state index in [0.29, 0.717) is 0 Å². The Balaban J connectivity index is 0.000000255. The van der Waals surface area contributed by atoms with E-state index in [1.165, 1.54) is 11.6 Å². The van der Waals surface area contributed by atoms with Gasteiger partial charge in [-0.25, -0.2) is 0 Å². The second-order valence-corrected chi connectivity index (χ2v) is 4.34. The molecule has 0 aliphatic carbocycles. The minimum atomic E-state index is 0.985. The fraction of sp³-hybridized carbons (Fsp3) is 0. The van der Waals surface area contributed by atoms with Crippen LogP contribution in [0.3, 0.4) is 0 Å². The first kappa shape index (κ1) is 16.9. The first-order valence-electron chi connectivity index (χ1n) is 6.88. The van der Waals surface area contributed by atoms with Crippen molar-refractivity contribution in [3.05, 3.63) is 96.6 Å². The topological polar surface area (TPSA) is 23.8 Å². The van der Waals surface area contributed by atoms with E-state index in [2.05, 4.69) is 19.7 Å². The van der Waals surface area contributed by atoms with Gasteiger partial charge in [-0.05, 0) is 28.3 Å². The molecule has 22 heavy (non-hydrogen) atoms. The molecule has 0 aromatic heterocycles. The Hall–Kier alpha value is -3.11. The van der Waals surface area contributed by atoms with Crippen LogP contribution in [0.25, 0.3) is 24.3 Å². The van der Waals surface area contributed by atoms with Gasteiger partial charge in [0.05, 0.1) is 6.07 Å². The van der Waals surface area contributed by atoms with Gasteiger partial charge in [-0.1, -0.05) is 86.5 Å². The maximum absolute atomic E-state index is 8.43. The summed E-state index contributed by atoms with van der Waals surface area (Å²) < 4.78 is 0. The Labute approximate surface area is 132 Å². The quantitative estimate of drug-likeness (QED) is 0.647. The van der Waals surface area contributed by atoms with Crippen molar-refractivity contribution in [1.82, 2.24) is 0 Å². The summed E-state index contributed by atoms with van der Waals surface area (Å²) in [5.74, 6) is 0. The lowest BCUT2D eigenvalue weighted by molar-refractivity contribution is 1.53. The molecule has 2 aromatic rings. The lowest BCUT2D eigenvalue weighted by atomic mass is 10.0. The van der Waals surface area contributed by atoms with Crippen LogP contribution in [0.4, 0.5) is 0 Å². The van der Waals surface area contributed by atoms with Crippen molar-refractivity contribution in [2.45, 2.75) is 0 Å². The van der Waals surface area contributed by atoms with E-state index >= 15 is 0 Å². The van der Waals surface area contributed by atoms with Gasteiger partial charge in [-0.2, -0.15) is 5.26 Å². The molecule has 0 aliphatic rings. The van der Waals surface area contributed by atoms with Crippen molar-refractivity contribution in [3.63, 3.8) is 0 Å². The maximum atomic E-state index is 8.43. The summed E-state index contributed by atoms with van der Waals surface area (Å²) in [6.45, 7) is 11.1. The maximum Gasteiger partial charge on any atom is 0.0912 e. The largest absolute Gasteiger partial charge is 0.193 e. The number of nitrogens with zero attached hydrogens (tertiary/aromatic N) is 1. The normalized spacial score (nSPS) is 9.23. The fourth-order valence-electron chi connectivity index (χ4n) is 1.88. The van der Waals surface area contributed by atoms with E-state index < -0.39 is 0 Å². The molecule has 0 aliphatic heterocycles. The lowest BCUT2D eigenvalue weighted by Crippen LogP contribution is -1.84. The number of rotatable bonds is 4. The molecule has 0 unspecified atom stereocenters. The van der Waals surface area contributed by atoms with Gasteiger partial charge in [0.15, 0.2) is 0 Å². The Morgan fingerprint density at radius 2 is 1.45 bits per heavy atom. The number of allylic oxidation sites excluding steroid dienone is 1. The first-order chi connectivity index (χ1) is 10.8. The zero-order valence-corrected chi connectivity index (χ0v) is 12.6. The highest BCUT2D eigenvalue weighted by Crippen LogP contribution is 2.18. The molecule has 0 fully saturated rings. The van der Waals surface area contributed by atoms with Gasteiger partial charge in [0.25, 0.3) is 0 Å². The average Bonchev–Trinajstić information content (AvgIpc) is 2.60. The summed E-state index contributed by atoms with van der Waals surface area (Å²) in [6.07, 6.45) is 8.61. The monoisotopic (exact) mass is 285 g/mol. The molecule has 1 nitrogen and oxygen atoms in total. The third kappa shape index (κ3) is 5.11. The molecular weight excluding hydrogens is 266 g/mol. The minimum Gasteiger partial charge on any atom is -0.193 e. The van der Waals surface area contributed by atoms with Gasteiger partial charge in [-0.15, -0.1) is 0 Å². The van der Waals surface area contributed by atoms with Crippen LogP contribution in [0.2, 0.25) is 0 Å². The molecule has 0 radical (unpaired) electrons. The zero-order valence-electron chi connectivity index (χ0n) is 12.6. The molecule has 2 rings (SSSR count). The van der Waals surface area contributed by atoms with Gasteiger partial charge in [0.2, 0.25) is 0 Å². The highest BCUT2D eigenvalue weighted by molar-refractivity contribution is 5.73. The average molecular weight is 285 g/mol. The molecule has 0 spiro atoms. The van der Waals surface area contributed by atoms with Crippen LogP contribution in [0.15, 0.2) is 74.3 Å². The van der Waals surface area contributed by atoms with Gasteiger partial charge >= 0.3 is 0 Å². The highest BCUT2D eigenvalue weighted by atomic mass is 14.2. The minimum absolute atomic E-state index is 0.985. The molecule has 2 aromatic carbocycles. The molecule has 1 heteroatoms. The number of hydrogen-bond donors (Lipinski definition) is 0.